The van der Waals surface area contributed by atoms with Crippen LogP contribution in [0, 0.1) is 6.92 Å². The van der Waals surface area contributed by atoms with Gasteiger partial charge in [0.25, 0.3) is 11.8 Å². The molecule has 41 heavy (non-hydrogen) atoms. The van der Waals surface area contributed by atoms with Crippen molar-refractivity contribution < 1.29 is 41.3 Å². The van der Waals surface area contributed by atoms with Crippen LogP contribution in [-0.4, -0.2) is 45.4 Å². The Balaban J connectivity index is 1.63. The number of barbiturate groups is 1. The minimum absolute atomic E-state index is 0.0405. The molecule has 0 aliphatic carbocycles. The maximum atomic E-state index is 13.3. The van der Waals surface area contributed by atoms with Crippen LogP contribution in [0.4, 0.5) is 10.5 Å². The second kappa shape index (κ2) is 12.0. The zero-order valence-corrected chi connectivity index (χ0v) is 23.2. The Morgan fingerprint density at radius 1 is 0.902 bits per heavy atom. The molecular formula is C29H26N2O9S. The summed E-state index contributed by atoms with van der Waals surface area (Å²) < 4.78 is 41.4. The van der Waals surface area contributed by atoms with Crippen molar-refractivity contribution in [3.8, 4) is 11.5 Å². The summed E-state index contributed by atoms with van der Waals surface area (Å²) in [6, 6.07) is 14.9. The molecular weight excluding hydrogens is 552 g/mol. The molecule has 0 bridgehead atoms. The van der Waals surface area contributed by atoms with Crippen molar-refractivity contribution in [3.05, 3.63) is 89.0 Å². The molecule has 1 saturated heterocycles. The number of hydrogen-bond donors (Lipinski definition) is 1. The van der Waals surface area contributed by atoms with E-state index in [-0.39, 0.29) is 46.4 Å². The van der Waals surface area contributed by atoms with Gasteiger partial charge in [-0.2, -0.15) is 8.42 Å². The molecule has 12 heteroatoms. The monoisotopic (exact) mass is 578 g/mol. The molecule has 0 atom stereocenters. The third kappa shape index (κ3) is 6.44. The van der Waals surface area contributed by atoms with Crippen molar-refractivity contribution in [2.75, 3.05) is 18.1 Å². The minimum Gasteiger partial charge on any atom is -0.490 e. The van der Waals surface area contributed by atoms with Crippen LogP contribution < -0.4 is 19.1 Å². The molecule has 3 aromatic carbocycles. The lowest BCUT2D eigenvalue weighted by Crippen LogP contribution is -2.54. The van der Waals surface area contributed by atoms with Crippen LogP contribution in [-0.2, 0) is 24.4 Å². The van der Waals surface area contributed by atoms with Crippen LogP contribution in [0.2, 0.25) is 0 Å². The number of nitrogens with one attached hydrogen (secondary N) is 1. The summed E-state index contributed by atoms with van der Waals surface area (Å²) in [7, 11) is -4.17. The maximum absolute atomic E-state index is 13.3. The van der Waals surface area contributed by atoms with Gasteiger partial charge in [-0.05, 0) is 80.9 Å². The summed E-state index contributed by atoms with van der Waals surface area (Å²) in [5, 5.41) is 2.12. The first-order chi connectivity index (χ1) is 19.5. The topological polar surface area (TPSA) is 145 Å². The molecule has 1 aliphatic heterocycles. The number of aryl methyl sites for hydroxylation is 1. The van der Waals surface area contributed by atoms with Gasteiger partial charge in [-0.25, -0.2) is 14.5 Å². The van der Waals surface area contributed by atoms with Crippen molar-refractivity contribution in [3.63, 3.8) is 0 Å². The first-order valence-corrected chi connectivity index (χ1v) is 13.9. The van der Waals surface area contributed by atoms with Crippen LogP contribution in [0.25, 0.3) is 6.08 Å². The van der Waals surface area contributed by atoms with Crippen LogP contribution >= 0.6 is 0 Å². The van der Waals surface area contributed by atoms with Crippen molar-refractivity contribution in [2.24, 2.45) is 0 Å². The van der Waals surface area contributed by atoms with E-state index < -0.39 is 33.9 Å². The van der Waals surface area contributed by atoms with E-state index in [1.807, 2.05) is 6.92 Å². The molecule has 0 radical (unpaired) electrons. The molecule has 4 amide bonds. The molecule has 1 N–H and O–H groups in total. The lowest BCUT2D eigenvalue weighted by Gasteiger charge is -2.26. The van der Waals surface area contributed by atoms with Crippen molar-refractivity contribution in [2.45, 2.75) is 25.7 Å². The van der Waals surface area contributed by atoms with E-state index in [0.717, 1.165) is 10.5 Å². The smallest absolute Gasteiger partial charge is 0.339 e. The fraction of sp³-hybridized carbons (Fsp3) is 0.172. The molecule has 1 heterocycles. The second-order valence-corrected chi connectivity index (χ2v) is 10.3. The van der Waals surface area contributed by atoms with E-state index >= 15 is 0 Å². The largest absolute Gasteiger partial charge is 0.490 e. The zero-order valence-electron chi connectivity index (χ0n) is 22.4. The number of esters is 1. The summed E-state index contributed by atoms with van der Waals surface area (Å²) in [6.45, 7) is 5.54. The van der Waals surface area contributed by atoms with Crippen molar-refractivity contribution in [1.29, 1.82) is 0 Å². The number of imide groups is 2. The molecule has 4 rings (SSSR count). The number of urea groups is 1. The van der Waals surface area contributed by atoms with Gasteiger partial charge >= 0.3 is 22.1 Å². The summed E-state index contributed by atoms with van der Waals surface area (Å²) in [5.41, 5.74) is 1.18. The summed E-state index contributed by atoms with van der Waals surface area (Å²) in [5.74, 6) is -2.41. The lowest BCUT2D eigenvalue weighted by molar-refractivity contribution is -0.122. The quantitative estimate of drug-likeness (QED) is 0.172. The van der Waals surface area contributed by atoms with E-state index in [2.05, 4.69) is 5.32 Å². The first kappa shape index (κ1) is 29.0. The minimum atomic E-state index is -4.17. The highest BCUT2D eigenvalue weighted by Gasteiger charge is 2.37. The molecule has 212 valence electrons. The van der Waals surface area contributed by atoms with Gasteiger partial charge in [-0.3, -0.25) is 14.9 Å². The second-order valence-electron chi connectivity index (χ2n) is 8.71. The van der Waals surface area contributed by atoms with Gasteiger partial charge in [0.2, 0.25) is 0 Å². The number of benzene rings is 3. The number of anilines is 1. The van der Waals surface area contributed by atoms with Crippen LogP contribution in [0.3, 0.4) is 0 Å². The third-order valence-corrected chi connectivity index (χ3v) is 7.07. The Morgan fingerprint density at radius 3 is 2.22 bits per heavy atom. The molecule has 0 spiro atoms. The molecule has 11 nitrogen and oxygen atoms in total. The Kier molecular flexibility index (Phi) is 8.53. The predicted octanol–water partition coefficient (Wildman–Crippen LogP) is 4.00. The predicted molar refractivity (Wildman–Crippen MR) is 148 cm³/mol. The van der Waals surface area contributed by atoms with Crippen LogP contribution in [0.15, 0.2) is 77.2 Å². The Hall–Kier alpha value is -4.97. The van der Waals surface area contributed by atoms with Gasteiger partial charge in [0, 0.05) is 0 Å². The third-order valence-electron chi connectivity index (χ3n) is 5.83. The van der Waals surface area contributed by atoms with E-state index in [4.69, 9.17) is 13.7 Å². The van der Waals surface area contributed by atoms with Gasteiger partial charge in [0.1, 0.15) is 10.5 Å². The van der Waals surface area contributed by atoms with Crippen LogP contribution in [0.5, 0.6) is 11.5 Å². The van der Waals surface area contributed by atoms with E-state index in [1.165, 1.54) is 60.7 Å². The Labute approximate surface area is 236 Å². The normalized spacial score (nSPS) is 14.6. The highest BCUT2D eigenvalue weighted by Crippen LogP contribution is 2.32. The first-order valence-electron chi connectivity index (χ1n) is 12.5. The molecule has 0 saturated carbocycles. The molecule has 1 fully saturated rings. The van der Waals surface area contributed by atoms with E-state index in [1.54, 1.807) is 26.0 Å². The Bertz CT molecular complexity index is 1640. The van der Waals surface area contributed by atoms with Gasteiger partial charge in [-0.1, -0.05) is 23.8 Å². The number of carbonyl (C=O) groups is 4. The molecule has 0 unspecified atom stereocenters. The lowest BCUT2D eigenvalue weighted by atomic mass is 10.1. The average molecular weight is 579 g/mol. The summed E-state index contributed by atoms with van der Waals surface area (Å²) in [6.07, 6.45) is 1.24. The standard InChI is InChI=1S/C29H26N2O9S/c1-4-38-25-17-19(8-15-24(25)40-41(36,37)22-13-6-18(3)7-14-22)16-23-26(32)30-29(35)31(27(23)33)21-11-9-20(10-12-21)28(34)39-5-2/h6-17H,4-5H2,1-3H3,(H,30,32,35)/b23-16+. The number of ether oxygens (including phenoxy) is 2. The average Bonchev–Trinajstić information content (AvgIpc) is 2.93. The van der Waals surface area contributed by atoms with Gasteiger partial charge in [-0.15, -0.1) is 0 Å². The van der Waals surface area contributed by atoms with Crippen molar-refractivity contribution in [1.82, 2.24) is 5.32 Å². The fourth-order valence-electron chi connectivity index (χ4n) is 3.84. The number of nitrogens with zero attached hydrogens (tertiary/aromatic N) is 1. The zero-order chi connectivity index (χ0) is 29.7. The highest BCUT2D eigenvalue weighted by atomic mass is 32.2. The number of amides is 4. The summed E-state index contributed by atoms with van der Waals surface area (Å²) >= 11 is 0. The molecule has 1 aliphatic rings. The number of carbonyl (C=O) groups excluding carboxylic acids is 4. The fourth-order valence-corrected chi connectivity index (χ4v) is 4.78. The highest BCUT2D eigenvalue weighted by molar-refractivity contribution is 7.87. The molecule has 0 aromatic heterocycles. The van der Waals surface area contributed by atoms with Gasteiger partial charge in [0.05, 0.1) is 24.5 Å². The number of hydrogen-bond acceptors (Lipinski definition) is 9. The maximum Gasteiger partial charge on any atom is 0.339 e. The van der Waals surface area contributed by atoms with E-state index in [9.17, 15) is 27.6 Å². The van der Waals surface area contributed by atoms with Crippen LogP contribution in [0.1, 0.15) is 35.3 Å². The van der Waals surface area contributed by atoms with Crippen molar-refractivity contribution >= 4 is 45.7 Å². The molecule has 3 aromatic rings. The summed E-state index contributed by atoms with van der Waals surface area (Å²) in [4.78, 5) is 51.1. The Morgan fingerprint density at radius 2 is 1.59 bits per heavy atom. The van der Waals surface area contributed by atoms with Gasteiger partial charge < -0.3 is 13.7 Å². The van der Waals surface area contributed by atoms with Gasteiger partial charge in [0.15, 0.2) is 11.5 Å². The SMILES string of the molecule is CCOC(=O)c1ccc(N2C(=O)NC(=O)/C(=C\c3ccc(OS(=O)(=O)c4ccc(C)cc4)c(OCC)c3)C2=O)cc1. The number of rotatable bonds is 9. The van der Waals surface area contributed by atoms with E-state index in [0.29, 0.717) is 5.56 Å².